The van der Waals surface area contributed by atoms with Crippen LogP contribution in [0.4, 0.5) is 4.79 Å². The number of benzene rings is 2. The number of aromatic nitrogens is 3. The van der Waals surface area contributed by atoms with E-state index in [2.05, 4.69) is 15.4 Å². The third-order valence-electron chi connectivity index (χ3n) is 12.6. The zero-order valence-corrected chi connectivity index (χ0v) is 34.9. The summed E-state index contributed by atoms with van der Waals surface area (Å²) in [5.74, 6) is -1.40. The van der Waals surface area contributed by atoms with Crippen LogP contribution in [-0.2, 0) is 29.1 Å². The first-order valence-electron chi connectivity index (χ1n) is 21.4. The lowest BCUT2D eigenvalue weighted by Gasteiger charge is -2.30. The first kappa shape index (κ1) is 40.7. The van der Waals surface area contributed by atoms with E-state index in [1.807, 2.05) is 54.6 Å². The van der Waals surface area contributed by atoms with Crippen molar-refractivity contribution in [3.05, 3.63) is 66.7 Å². The number of ether oxygens (including phenoxy) is 3. The number of hydrogen-bond donors (Lipinski definition) is 3. The van der Waals surface area contributed by atoms with Gasteiger partial charge in [0, 0.05) is 35.4 Å². The van der Waals surface area contributed by atoms with Crippen molar-refractivity contribution in [3.8, 4) is 22.9 Å². The second-order valence-electron chi connectivity index (χ2n) is 17.0. The van der Waals surface area contributed by atoms with Crippen LogP contribution in [0.1, 0.15) is 83.5 Å². The van der Waals surface area contributed by atoms with Gasteiger partial charge in [0.15, 0.2) is 5.65 Å². The van der Waals surface area contributed by atoms with Gasteiger partial charge in [-0.25, -0.2) is 18.2 Å². The van der Waals surface area contributed by atoms with Crippen molar-refractivity contribution in [2.75, 3.05) is 13.7 Å². The molecule has 3 saturated carbocycles. The summed E-state index contributed by atoms with van der Waals surface area (Å²) in [6, 6.07) is 14.8. The molecule has 0 unspecified atom stereocenters. The fourth-order valence-electron chi connectivity index (χ4n) is 8.96. The molecule has 322 valence electrons. The van der Waals surface area contributed by atoms with Gasteiger partial charge in [-0.3, -0.25) is 19.1 Å². The van der Waals surface area contributed by atoms with Crippen molar-refractivity contribution in [3.63, 3.8) is 0 Å². The Morgan fingerprint density at radius 2 is 1.72 bits per heavy atom. The largest absolute Gasteiger partial charge is 0.497 e. The van der Waals surface area contributed by atoms with Crippen LogP contribution in [0, 0.1) is 5.92 Å². The van der Waals surface area contributed by atoms with Crippen LogP contribution in [0.3, 0.4) is 0 Å². The second kappa shape index (κ2) is 16.6. The molecule has 1 saturated heterocycles. The smallest absolute Gasteiger partial charge is 0.408 e. The highest BCUT2D eigenvalue weighted by atomic mass is 32.2. The summed E-state index contributed by atoms with van der Waals surface area (Å²) < 4.78 is 47.7. The quantitative estimate of drug-likeness (QED) is 0.193. The minimum absolute atomic E-state index is 0.0223. The van der Waals surface area contributed by atoms with Gasteiger partial charge in [-0.2, -0.15) is 9.61 Å². The number of nitrogens with zero attached hydrogens (tertiary/aromatic N) is 4. The van der Waals surface area contributed by atoms with Gasteiger partial charge in [0.25, 0.3) is 5.91 Å². The van der Waals surface area contributed by atoms with Crippen LogP contribution in [0.2, 0.25) is 0 Å². The molecule has 0 spiro atoms. The van der Waals surface area contributed by atoms with Crippen LogP contribution in [-0.4, -0.2) is 100 Å². The van der Waals surface area contributed by atoms with E-state index in [9.17, 15) is 27.6 Å². The van der Waals surface area contributed by atoms with E-state index in [0.29, 0.717) is 60.6 Å². The maximum atomic E-state index is 14.8. The van der Waals surface area contributed by atoms with Crippen molar-refractivity contribution in [2.45, 2.75) is 119 Å². The molecule has 3 aliphatic carbocycles. The predicted molar refractivity (Wildman–Crippen MR) is 224 cm³/mol. The minimum Gasteiger partial charge on any atom is -0.497 e. The van der Waals surface area contributed by atoms with Crippen LogP contribution in [0.15, 0.2) is 66.7 Å². The Balaban J connectivity index is 1.06. The highest BCUT2D eigenvalue weighted by molar-refractivity contribution is 7.91. The summed E-state index contributed by atoms with van der Waals surface area (Å²) in [4.78, 5) is 63.0. The molecule has 4 heterocycles. The number of rotatable bonds is 9. The first-order chi connectivity index (χ1) is 29.5. The standard InChI is InChI=1S/C44H51N7O9S/c1-58-30-18-21-33-36(22-30)48-51-38(24-35(45-39(33)51)27-12-6-5-7-13-27)59-31-23-37-40(52)47-44(42(54)49-61(56,57)32-19-20-32)25-28(44)14-8-3-2-4-9-17-34(41(53)50(37)26-31)46-43(55)60-29-15-10-11-16-29/h5-8,12-14,18,21-22,24,28-29,31-32,34,37H,2-4,9-11,15-17,19-20,23,25-26H2,1H3,(H,46,55)(H,47,52)(H,49,54)/b14-8-/t28-,31+,34-,37-,44+/m0/s1. The maximum Gasteiger partial charge on any atom is 0.408 e. The van der Waals surface area contributed by atoms with Gasteiger partial charge >= 0.3 is 6.09 Å². The van der Waals surface area contributed by atoms with Crippen LogP contribution in [0.5, 0.6) is 11.6 Å². The van der Waals surface area contributed by atoms with Crippen molar-refractivity contribution < 1.29 is 41.8 Å². The van der Waals surface area contributed by atoms with E-state index < -0.39 is 68.7 Å². The van der Waals surface area contributed by atoms with Crippen molar-refractivity contribution >= 4 is 50.4 Å². The third-order valence-corrected chi connectivity index (χ3v) is 14.4. The molecule has 0 bridgehead atoms. The molecule has 17 heteroatoms. The lowest BCUT2D eigenvalue weighted by Crippen LogP contribution is -2.58. The molecular formula is C44H51N7O9S. The van der Waals surface area contributed by atoms with Gasteiger partial charge in [0.05, 0.1) is 30.1 Å². The summed E-state index contributed by atoms with van der Waals surface area (Å²) in [7, 11) is -2.34. The number of fused-ring (bicyclic) bond motifs is 5. The number of hydrogen-bond acceptors (Lipinski definition) is 11. The average molecular weight is 854 g/mol. The molecule has 2 aromatic carbocycles. The van der Waals surface area contributed by atoms with E-state index in [-0.39, 0.29) is 25.5 Å². The number of sulfonamides is 1. The van der Waals surface area contributed by atoms with Crippen LogP contribution in [0.25, 0.3) is 27.8 Å². The fraction of sp³-hybridized carbons (Fsp3) is 0.500. The molecule has 3 N–H and O–H groups in total. The SMILES string of the molecule is COc1ccc2c(c1)nn1c(O[C@@H]3C[C@H]4C(=O)N[C@]5(C(=O)NS(=O)(=O)C6CC6)C[C@@H]5/C=C\CCCCC[C@H](NC(=O)OC5CCCC5)C(=O)N4C3)cc(-c3ccccc3)nc21. The summed E-state index contributed by atoms with van der Waals surface area (Å²) >= 11 is 0. The van der Waals surface area contributed by atoms with Crippen molar-refractivity contribution in [1.82, 2.24) is 34.9 Å². The Morgan fingerprint density at radius 1 is 0.934 bits per heavy atom. The van der Waals surface area contributed by atoms with Crippen LogP contribution >= 0.6 is 0 Å². The van der Waals surface area contributed by atoms with Crippen molar-refractivity contribution in [2.24, 2.45) is 5.92 Å². The maximum absolute atomic E-state index is 14.8. The van der Waals surface area contributed by atoms with Gasteiger partial charge in [0.2, 0.25) is 27.7 Å². The number of nitrogens with one attached hydrogen (secondary N) is 3. The minimum atomic E-state index is -3.92. The number of alkyl carbamates (subject to hydrolysis) is 1. The molecule has 5 atom stereocenters. The Kier molecular flexibility index (Phi) is 11.1. The monoisotopic (exact) mass is 853 g/mol. The highest BCUT2D eigenvalue weighted by Gasteiger charge is 2.62. The van der Waals surface area contributed by atoms with E-state index in [4.69, 9.17) is 24.3 Å². The molecule has 9 rings (SSSR count). The third kappa shape index (κ3) is 8.48. The molecule has 16 nitrogen and oxygen atoms in total. The lowest BCUT2D eigenvalue weighted by atomic mass is 10.0. The number of carbonyl (C=O) groups excluding carboxylic acids is 4. The molecule has 61 heavy (non-hydrogen) atoms. The Morgan fingerprint density at radius 3 is 2.49 bits per heavy atom. The summed E-state index contributed by atoms with van der Waals surface area (Å²) in [5, 5.41) is 10.7. The van der Waals surface area contributed by atoms with E-state index in [0.717, 1.165) is 49.5 Å². The number of amides is 4. The molecule has 0 radical (unpaired) electrons. The molecule has 2 aromatic heterocycles. The predicted octanol–water partition coefficient (Wildman–Crippen LogP) is 4.95. The van der Waals surface area contributed by atoms with Crippen LogP contribution < -0.4 is 24.8 Å². The molecular weight excluding hydrogens is 803 g/mol. The zero-order chi connectivity index (χ0) is 42.3. The second-order valence-corrected chi connectivity index (χ2v) is 18.9. The molecule has 4 aromatic rings. The molecule has 4 fully saturated rings. The average Bonchev–Trinajstić information content (AvgIpc) is 4.07. The summed E-state index contributed by atoms with van der Waals surface area (Å²) in [6.45, 7) is -0.0372. The Labute approximate surface area is 353 Å². The highest BCUT2D eigenvalue weighted by Crippen LogP contribution is 2.46. The topological polar surface area (TPSA) is 200 Å². The van der Waals surface area contributed by atoms with E-state index in [1.165, 1.54) is 4.90 Å². The number of carbonyl (C=O) groups is 4. The summed E-state index contributed by atoms with van der Waals surface area (Å²) in [5.41, 5.74) is 1.08. The number of allylic oxidation sites excluding steroid dienone is 1. The number of methoxy groups -OCH3 is 1. The van der Waals surface area contributed by atoms with E-state index in [1.54, 1.807) is 23.8 Å². The van der Waals surface area contributed by atoms with Gasteiger partial charge in [0.1, 0.15) is 35.6 Å². The van der Waals surface area contributed by atoms with Gasteiger partial charge < -0.3 is 29.7 Å². The Bertz CT molecular complexity index is 2480. The normalized spacial score (nSPS) is 26.7. The molecule has 4 amide bonds. The zero-order valence-electron chi connectivity index (χ0n) is 34.1. The van der Waals surface area contributed by atoms with Gasteiger partial charge in [-0.05, 0) is 76.3 Å². The van der Waals surface area contributed by atoms with Crippen molar-refractivity contribution in [1.29, 1.82) is 0 Å². The van der Waals surface area contributed by atoms with Gasteiger partial charge in [-0.1, -0.05) is 55.3 Å². The fourth-order valence-corrected chi connectivity index (χ4v) is 10.3. The van der Waals surface area contributed by atoms with E-state index >= 15 is 0 Å². The van der Waals surface area contributed by atoms with Gasteiger partial charge in [-0.15, -0.1) is 0 Å². The molecule has 2 aliphatic heterocycles. The molecule has 5 aliphatic rings. The first-order valence-corrected chi connectivity index (χ1v) is 23.0. The Hall–Kier alpha value is -5.71. The summed E-state index contributed by atoms with van der Waals surface area (Å²) in [6.07, 6.45) is 10.00. The lowest BCUT2D eigenvalue weighted by molar-refractivity contribution is -0.141.